The smallest absolute Gasteiger partial charge is 0.147 e. The SMILES string of the molecule is CCc1cc(NCc2ccc(Br)cc2)c(C(C)C(=O)C(C)c2c(NCc3ccc(Br)cc3)cc(CC)nc2C)c(C)n1. The number of hydrogen-bond donors (Lipinski definition) is 2. The summed E-state index contributed by atoms with van der Waals surface area (Å²) in [5, 5.41) is 7.25. The van der Waals surface area contributed by atoms with Crippen LogP contribution in [0.3, 0.4) is 0 Å². The number of Topliss-reactive ketones (excluding diaryl/α,β-unsaturated/α-hetero) is 1. The predicted molar refractivity (Wildman–Crippen MR) is 181 cm³/mol. The third-order valence-electron chi connectivity index (χ3n) is 7.84. The van der Waals surface area contributed by atoms with E-state index in [4.69, 9.17) is 9.97 Å². The fourth-order valence-electron chi connectivity index (χ4n) is 5.50. The van der Waals surface area contributed by atoms with Crippen molar-refractivity contribution in [2.24, 2.45) is 0 Å². The van der Waals surface area contributed by atoms with Gasteiger partial charge in [0.1, 0.15) is 5.78 Å². The van der Waals surface area contributed by atoms with Crippen LogP contribution in [0.2, 0.25) is 0 Å². The minimum atomic E-state index is -0.351. The maximum Gasteiger partial charge on any atom is 0.147 e. The van der Waals surface area contributed by atoms with E-state index < -0.39 is 0 Å². The Kier molecular flexibility index (Phi) is 11.0. The van der Waals surface area contributed by atoms with E-state index in [-0.39, 0.29) is 17.6 Å². The average Bonchev–Trinajstić information content (AvgIpc) is 2.98. The molecule has 0 spiro atoms. The number of nitrogens with one attached hydrogen (secondary N) is 2. The first-order valence-electron chi connectivity index (χ1n) is 14.6. The number of anilines is 2. The number of aromatic nitrogens is 2. The summed E-state index contributed by atoms with van der Waals surface area (Å²) in [5.74, 6) is -0.553. The second kappa shape index (κ2) is 14.4. The number of carbonyl (C=O) groups excluding carboxylic acids is 1. The van der Waals surface area contributed by atoms with Crippen molar-refractivity contribution in [3.63, 3.8) is 0 Å². The van der Waals surface area contributed by atoms with Crippen molar-refractivity contribution >= 4 is 49.0 Å². The second-order valence-electron chi connectivity index (χ2n) is 10.8. The zero-order valence-corrected chi connectivity index (χ0v) is 28.5. The summed E-state index contributed by atoms with van der Waals surface area (Å²) in [6.07, 6.45) is 1.66. The molecule has 0 saturated heterocycles. The van der Waals surface area contributed by atoms with E-state index in [0.717, 1.165) is 67.1 Å². The molecule has 4 rings (SSSR count). The van der Waals surface area contributed by atoms with Gasteiger partial charge in [-0.25, -0.2) is 0 Å². The van der Waals surface area contributed by atoms with Crippen molar-refractivity contribution in [2.75, 3.05) is 10.6 Å². The number of pyridine rings is 2. The Morgan fingerprint density at radius 3 is 1.38 bits per heavy atom. The van der Waals surface area contributed by atoms with Crippen LogP contribution in [-0.4, -0.2) is 15.8 Å². The lowest BCUT2D eigenvalue weighted by molar-refractivity contribution is -0.121. The summed E-state index contributed by atoms with van der Waals surface area (Å²) in [4.78, 5) is 24.0. The Hall–Kier alpha value is -3.03. The third kappa shape index (κ3) is 7.67. The van der Waals surface area contributed by atoms with Gasteiger partial charge in [0.15, 0.2) is 0 Å². The van der Waals surface area contributed by atoms with Gasteiger partial charge >= 0.3 is 0 Å². The fourth-order valence-corrected chi connectivity index (χ4v) is 6.03. The highest BCUT2D eigenvalue weighted by atomic mass is 79.9. The summed E-state index contributed by atoms with van der Waals surface area (Å²) in [5.41, 5.74) is 10.0. The normalized spacial score (nSPS) is 12.6. The zero-order chi connectivity index (χ0) is 30.4. The van der Waals surface area contributed by atoms with Gasteiger partial charge in [0.05, 0.1) is 0 Å². The summed E-state index contributed by atoms with van der Waals surface area (Å²) in [7, 11) is 0. The summed E-state index contributed by atoms with van der Waals surface area (Å²) >= 11 is 7.03. The standard InChI is InChI=1S/C35H40Br2N4O/c1-7-29-17-31(38-19-25-9-13-27(36)14-10-25)33(23(5)40-29)21(3)35(42)22(4)34-24(6)41-30(8-2)18-32(34)39-20-26-11-15-28(37)16-12-26/h9-18,21-22H,7-8,19-20H2,1-6H3,(H,38,40)(H,39,41). The number of aryl methyl sites for hydroxylation is 4. The molecule has 5 nitrogen and oxygen atoms in total. The number of nitrogens with zero attached hydrogens (tertiary/aromatic N) is 2. The average molecular weight is 693 g/mol. The molecule has 2 N–H and O–H groups in total. The quantitative estimate of drug-likeness (QED) is 0.155. The van der Waals surface area contributed by atoms with Gasteiger partial charge in [0, 0.05) is 79.1 Å². The minimum absolute atomic E-state index is 0.150. The molecular weight excluding hydrogens is 652 g/mol. The van der Waals surface area contributed by atoms with E-state index in [2.05, 4.69) is 92.7 Å². The van der Waals surface area contributed by atoms with E-state index >= 15 is 0 Å². The molecule has 2 aromatic carbocycles. The first-order chi connectivity index (χ1) is 20.1. The van der Waals surface area contributed by atoms with Gasteiger partial charge in [-0.2, -0.15) is 0 Å². The van der Waals surface area contributed by atoms with Gasteiger partial charge in [-0.1, -0.05) is 83.8 Å². The molecule has 4 aromatic rings. The van der Waals surface area contributed by atoms with Crippen LogP contribution >= 0.6 is 31.9 Å². The molecule has 0 amide bonds. The summed E-state index contributed by atoms with van der Waals surface area (Å²) < 4.78 is 2.10. The van der Waals surface area contributed by atoms with Crippen LogP contribution in [0.4, 0.5) is 11.4 Å². The number of rotatable bonds is 12. The molecule has 0 aliphatic heterocycles. The molecule has 0 bridgehead atoms. The predicted octanol–water partition coefficient (Wildman–Crippen LogP) is 9.44. The van der Waals surface area contributed by atoms with Gasteiger partial charge in [-0.05, 0) is 74.2 Å². The lowest BCUT2D eigenvalue weighted by Gasteiger charge is -2.25. The Morgan fingerprint density at radius 1 is 0.690 bits per heavy atom. The lowest BCUT2D eigenvalue weighted by Crippen LogP contribution is -2.22. The molecule has 0 fully saturated rings. The van der Waals surface area contributed by atoms with Crippen molar-refractivity contribution in [3.05, 3.63) is 115 Å². The van der Waals surface area contributed by atoms with Gasteiger partial charge in [0.2, 0.25) is 0 Å². The van der Waals surface area contributed by atoms with Gasteiger partial charge < -0.3 is 10.6 Å². The van der Waals surface area contributed by atoms with E-state index in [9.17, 15) is 4.79 Å². The van der Waals surface area contributed by atoms with E-state index in [1.54, 1.807) is 0 Å². The number of carbonyl (C=O) groups is 1. The fraction of sp³-hybridized carbons (Fsp3) is 0.343. The molecule has 2 atom stereocenters. The van der Waals surface area contributed by atoms with Crippen molar-refractivity contribution in [3.8, 4) is 0 Å². The largest absolute Gasteiger partial charge is 0.381 e. The first kappa shape index (κ1) is 31.9. The van der Waals surface area contributed by atoms with Crippen molar-refractivity contribution < 1.29 is 4.79 Å². The first-order valence-corrected chi connectivity index (χ1v) is 16.2. The Labute approximate surface area is 267 Å². The van der Waals surface area contributed by atoms with Gasteiger partial charge in [-0.3, -0.25) is 14.8 Å². The number of hydrogen-bond acceptors (Lipinski definition) is 5. The maximum atomic E-state index is 14.3. The summed E-state index contributed by atoms with van der Waals surface area (Å²) in [6, 6.07) is 20.8. The van der Waals surface area contributed by atoms with Crippen LogP contribution in [0.5, 0.6) is 0 Å². The highest BCUT2D eigenvalue weighted by molar-refractivity contribution is 9.10. The molecule has 7 heteroatoms. The molecule has 220 valence electrons. The van der Waals surface area contributed by atoms with Crippen LogP contribution < -0.4 is 10.6 Å². The molecule has 0 saturated carbocycles. The summed E-state index contributed by atoms with van der Waals surface area (Å²) in [6.45, 7) is 13.6. The van der Waals surface area contributed by atoms with Crippen LogP contribution in [0.25, 0.3) is 0 Å². The minimum Gasteiger partial charge on any atom is -0.381 e. The van der Waals surface area contributed by atoms with Crippen LogP contribution in [0.15, 0.2) is 69.6 Å². The topological polar surface area (TPSA) is 66.9 Å². The molecular formula is C35H40Br2N4O. The monoisotopic (exact) mass is 690 g/mol. The molecule has 0 radical (unpaired) electrons. The van der Waals surface area contributed by atoms with Gasteiger partial charge in [-0.15, -0.1) is 0 Å². The number of benzene rings is 2. The van der Waals surface area contributed by atoms with Crippen molar-refractivity contribution in [2.45, 2.75) is 79.3 Å². The lowest BCUT2D eigenvalue weighted by atomic mass is 9.83. The van der Waals surface area contributed by atoms with Crippen molar-refractivity contribution in [1.29, 1.82) is 0 Å². The number of halogens is 2. The molecule has 0 aliphatic carbocycles. The molecule has 2 unspecified atom stereocenters. The Balaban J connectivity index is 1.64. The third-order valence-corrected chi connectivity index (χ3v) is 8.90. The van der Waals surface area contributed by atoms with Crippen LogP contribution in [0.1, 0.15) is 84.6 Å². The Morgan fingerprint density at radius 2 is 1.05 bits per heavy atom. The van der Waals surface area contributed by atoms with E-state index in [0.29, 0.717) is 13.1 Å². The molecule has 42 heavy (non-hydrogen) atoms. The number of ketones is 1. The molecule has 2 aromatic heterocycles. The molecule has 2 heterocycles. The highest BCUT2D eigenvalue weighted by Crippen LogP contribution is 2.36. The molecule has 0 aliphatic rings. The van der Waals surface area contributed by atoms with Gasteiger partial charge in [0.25, 0.3) is 0 Å². The van der Waals surface area contributed by atoms with E-state index in [1.807, 2.05) is 52.0 Å². The zero-order valence-electron chi connectivity index (χ0n) is 25.3. The van der Waals surface area contributed by atoms with Crippen LogP contribution in [0, 0.1) is 13.8 Å². The second-order valence-corrected chi connectivity index (χ2v) is 12.7. The Bertz CT molecular complexity index is 1420. The van der Waals surface area contributed by atoms with Crippen LogP contribution in [-0.2, 0) is 30.7 Å². The maximum absolute atomic E-state index is 14.3. The van der Waals surface area contributed by atoms with Crippen molar-refractivity contribution in [1.82, 2.24) is 9.97 Å². The highest BCUT2D eigenvalue weighted by Gasteiger charge is 2.30. The van der Waals surface area contributed by atoms with E-state index in [1.165, 1.54) is 11.1 Å².